The maximum Gasteiger partial charge on any atom is 0.513 e. The Bertz CT molecular complexity index is 1380. The maximum absolute atomic E-state index is 12.5. The van der Waals surface area contributed by atoms with Crippen molar-refractivity contribution in [3.63, 3.8) is 0 Å². The minimum Gasteiger partial charge on any atom is -0.434 e. The van der Waals surface area contributed by atoms with E-state index < -0.39 is 40.9 Å². The predicted molar refractivity (Wildman–Crippen MR) is 160 cm³/mol. The van der Waals surface area contributed by atoms with Crippen LogP contribution in [0.5, 0.6) is 23.0 Å². The average Bonchev–Trinajstić information content (AvgIpc) is 3.28. The van der Waals surface area contributed by atoms with Crippen molar-refractivity contribution in [1.82, 2.24) is 0 Å². The van der Waals surface area contributed by atoms with E-state index in [1.165, 1.54) is 0 Å². The highest BCUT2D eigenvalue weighted by molar-refractivity contribution is 5.74. The molecule has 2 aliphatic rings. The third-order valence-corrected chi connectivity index (χ3v) is 7.97. The zero-order valence-electron chi connectivity index (χ0n) is 27.0. The van der Waals surface area contributed by atoms with Crippen LogP contribution >= 0.6 is 0 Å². The van der Waals surface area contributed by atoms with Crippen LogP contribution in [0.3, 0.4) is 0 Å². The summed E-state index contributed by atoms with van der Waals surface area (Å²) in [5, 5.41) is 0. The molecule has 0 saturated carbocycles. The van der Waals surface area contributed by atoms with Crippen LogP contribution in [-0.4, -0.2) is 51.0 Å². The summed E-state index contributed by atoms with van der Waals surface area (Å²) in [6.45, 7) is 15.2. The lowest BCUT2D eigenvalue weighted by atomic mass is 9.72. The molecule has 0 amide bonds. The van der Waals surface area contributed by atoms with E-state index in [0.717, 1.165) is 22.3 Å². The van der Waals surface area contributed by atoms with Gasteiger partial charge in [0.05, 0.1) is 26.4 Å². The van der Waals surface area contributed by atoms with Gasteiger partial charge in [0.1, 0.15) is 0 Å². The molecule has 2 aliphatic carbocycles. The van der Waals surface area contributed by atoms with E-state index in [0.29, 0.717) is 12.8 Å². The minimum absolute atomic E-state index is 0.00683. The number of ether oxygens (including phenoxy) is 8. The van der Waals surface area contributed by atoms with Crippen LogP contribution < -0.4 is 18.9 Å². The van der Waals surface area contributed by atoms with Crippen molar-refractivity contribution in [3.8, 4) is 23.0 Å². The fourth-order valence-electron chi connectivity index (χ4n) is 6.59. The van der Waals surface area contributed by atoms with E-state index in [4.69, 9.17) is 37.9 Å². The van der Waals surface area contributed by atoms with Crippen LogP contribution in [0.1, 0.15) is 90.5 Å². The summed E-state index contributed by atoms with van der Waals surface area (Å²) >= 11 is 0. The largest absolute Gasteiger partial charge is 0.513 e. The van der Waals surface area contributed by atoms with Crippen molar-refractivity contribution in [3.05, 3.63) is 46.5 Å². The van der Waals surface area contributed by atoms with Gasteiger partial charge in [-0.2, -0.15) is 0 Å². The SMILES string of the molecule is CCOC(=O)Oc1cc2c(cc1OC(=O)OCC)C1(CC2(C)C)CC(C)(C)c2cc(OC(=O)OCC)c(OC(=O)OCC)cc21. The van der Waals surface area contributed by atoms with Gasteiger partial charge in [-0.3, -0.25) is 0 Å². The molecule has 0 atom stereocenters. The first kappa shape index (κ1) is 33.4. The number of rotatable bonds is 8. The molecule has 45 heavy (non-hydrogen) atoms. The Kier molecular flexibility index (Phi) is 9.55. The van der Waals surface area contributed by atoms with Gasteiger partial charge < -0.3 is 37.9 Å². The van der Waals surface area contributed by atoms with E-state index in [1.54, 1.807) is 52.0 Å². The van der Waals surface area contributed by atoms with E-state index in [2.05, 4.69) is 27.7 Å². The molecule has 0 fully saturated rings. The summed E-state index contributed by atoms with van der Waals surface area (Å²) in [4.78, 5) is 49.6. The van der Waals surface area contributed by atoms with Crippen LogP contribution in [0.2, 0.25) is 0 Å². The van der Waals surface area contributed by atoms with Crippen LogP contribution in [0, 0.1) is 0 Å². The minimum atomic E-state index is -0.963. The van der Waals surface area contributed by atoms with Gasteiger partial charge in [-0.05, 0) is 97.9 Å². The molecule has 0 bridgehead atoms. The zero-order valence-corrected chi connectivity index (χ0v) is 27.0. The second-order valence-electron chi connectivity index (χ2n) is 12.0. The molecule has 0 radical (unpaired) electrons. The van der Waals surface area contributed by atoms with Crippen molar-refractivity contribution in [2.75, 3.05) is 26.4 Å². The standard InChI is InChI=1S/C33H40O12/c1-9-38-27(34)42-23-13-19-21(15-25(23)44-29(36)40-11-3)33(17-31(19,5)6)18-32(7,8)20-14-24(43-28(35)39-10-2)26(16-22(20)33)45-30(37)41-12-4/h13-16H,9-12,17-18H2,1-8H3. The molecule has 244 valence electrons. The number of benzene rings is 2. The van der Waals surface area contributed by atoms with Crippen molar-refractivity contribution < 1.29 is 57.1 Å². The molecular weight excluding hydrogens is 588 g/mol. The second kappa shape index (κ2) is 12.9. The van der Waals surface area contributed by atoms with Gasteiger partial charge in [-0.15, -0.1) is 0 Å². The molecule has 12 nitrogen and oxygen atoms in total. The van der Waals surface area contributed by atoms with E-state index >= 15 is 0 Å². The molecular formula is C33H40O12. The van der Waals surface area contributed by atoms with Crippen molar-refractivity contribution in [1.29, 1.82) is 0 Å². The zero-order chi connectivity index (χ0) is 33.2. The highest BCUT2D eigenvalue weighted by atomic mass is 16.8. The number of carbonyl (C=O) groups excluding carboxylic acids is 4. The molecule has 0 unspecified atom stereocenters. The Morgan fingerprint density at radius 1 is 0.489 bits per heavy atom. The van der Waals surface area contributed by atoms with E-state index in [1.807, 2.05) is 0 Å². The summed E-state index contributed by atoms with van der Waals surface area (Å²) in [6.07, 6.45) is -2.61. The Balaban J connectivity index is 1.94. The van der Waals surface area contributed by atoms with Gasteiger partial charge in [-0.1, -0.05) is 27.7 Å². The Labute approximate surface area is 262 Å². The summed E-state index contributed by atoms with van der Waals surface area (Å²) in [5.74, 6) is -0.0255. The summed E-state index contributed by atoms with van der Waals surface area (Å²) < 4.78 is 42.0. The Morgan fingerprint density at radius 3 is 0.978 bits per heavy atom. The predicted octanol–water partition coefficient (Wildman–Crippen LogP) is 7.48. The van der Waals surface area contributed by atoms with Crippen molar-refractivity contribution in [2.45, 2.75) is 84.5 Å². The van der Waals surface area contributed by atoms with Crippen LogP contribution in [0.25, 0.3) is 0 Å². The number of carbonyl (C=O) groups is 4. The number of hydrogen-bond donors (Lipinski definition) is 0. The topological polar surface area (TPSA) is 142 Å². The summed E-state index contributed by atoms with van der Waals surface area (Å²) in [5.41, 5.74) is 1.80. The van der Waals surface area contributed by atoms with Gasteiger partial charge in [0.2, 0.25) is 0 Å². The lowest BCUT2D eigenvalue weighted by Gasteiger charge is -2.30. The first-order valence-corrected chi connectivity index (χ1v) is 15.0. The molecule has 0 N–H and O–H groups in total. The molecule has 12 heteroatoms. The highest BCUT2D eigenvalue weighted by Gasteiger charge is 2.57. The first-order chi connectivity index (χ1) is 21.2. The quantitative estimate of drug-likeness (QED) is 0.162. The molecule has 2 aromatic carbocycles. The molecule has 0 saturated heterocycles. The van der Waals surface area contributed by atoms with Gasteiger partial charge in [0.25, 0.3) is 0 Å². The number of fused-ring (bicyclic) bond motifs is 4. The monoisotopic (exact) mass is 628 g/mol. The lowest BCUT2D eigenvalue weighted by Crippen LogP contribution is -2.27. The van der Waals surface area contributed by atoms with Crippen LogP contribution in [0.15, 0.2) is 24.3 Å². The molecule has 1 spiro atoms. The molecule has 0 aromatic heterocycles. The number of hydrogen-bond acceptors (Lipinski definition) is 12. The Hall–Kier alpha value is -4.48. The fraction of sp³-hybridized carbons (Fsp3) is 0.515. The molecule has 4 rings (SSSR count). The summed E-state index contributed by atoms with van der Waals surface area (Å²) in [6, 6.07) is 6.76. The van der Waals surface area contributed by atoms with Gasteiger partial charge >= 0.3 is 24.6 Å². The average molecular weight is 629 g/mol. The molecule has 2 aromatic rings. The molecule has 0 heterocycles. The van der Waals surface area contributed by atoms with Crippen LogP contribution in [-0.2, 0) is 35.2 Å². The smallest absolute Gasteiger partial charge is 0.434 e. The normalized spacial score (nSPS) is 16.2. The van der Waals surface area contributed by atoms with Gasteiger partial charge in [0, 0.05) is 5.41 Å². The fourth-order valence-corrected chi connectivity index (χ4v) is 6.59. The maximum atomic E-state index is 12.5. The molecule has 0 aliphatic heterocycles. The summed E-state index contributed by atoms with van der Waals surface area (Å²) in [7, 11) is 0. The van der Waals surface area contributed by atoms with Crippen molar-refractivity contribution in [2.24, 2.45) is 0 Å². The lowest BCUT2D eigenvalue weighted by molar-refractivity contribution is 0.0938. The van der Waals surface area contributed by atoms with Gasteiger partial charge in [0.15, 0.2) is 23.0 Å². The Morgan fingerprint density at radius 2 is 0.733 bits per heavy atom. The van der Waals surface area contributed by atoms with Crippen molar-refractivity contribution >= 4 is 24.6 Å². The van der Waals surface area contributed by atoms with Crippen LogP contribution in [0.4, 0.5) is 19.2 Å². The first-order valence-electron chi connectivity index (χ1n) is 15.0. The van der Waals surface area contributed by atoms with Gasteiger partial charge in [-0.25, -0.2) is 19.2 Å². The highest BCUT2D eigenvalue weighted by Crippen LogP contribution is 2.65. The van der Waals surface area contributed by atoms with E-state index in [-0.39, 0.29) is 49.4 Å². The third-order valence-electron chi connectivity index (χ3n) is 7.97. The van der Waals surface area contributed by atoms with E-state index in [9.17, 15) is 19.2 Å². The second-order valence-corrected chi connectivity index (χ2v) is 12.0. The third kappa shape index (κ3) is 6.64.